The van der Waals surface area contributed by atoms with E-state index in [1.165, 1.54) is 34.5 Å². The number of carbonyl (C=O) groups is 1. The summed E-state index contributed by atoms with van der Waals surface area (Å²) in [6.45, 7) is 2.54. The Kier molecular flexibility index (Phi) is 6.74. The van der Waals surface area contributed by atoms with Crippen molar-refractivity contribution in [3.63, 3.8) is 0 Å². The Hall–Kier alpha value is -2.94. The van der Waals surface area contributed by atoms with Crippen molar-refractivity contribution in [1.29, 1.82) is 0 Å². The van der Waals surface area contributed by atoms with Crippen LogP contribution in [0.15, 0.2) is 54.2 Å². The first-order valence-corrected chi connectivity index (χ1v) is 11.1. The number of benzene rings is 2. The predicted octanol–water partition coefficient (Wildman–Crippen LogP) is 5.97. The summed E-state index contributed by atoms with van der Waals surface area (Å²) >= 11 is 13.5. The lowest BCUT2D eigenvalue weighted by Crippen LogP contribution is -2.12. The van der Waals surface area contributed by atoms with Crippen LogP contribution in [0.1, 0.15) is 26.4 Å². The fourth-order valence-electron chi connectivity index (χ4n) is 2.87. The molecule has 4 aromatic rings. The Morgan fingerprint density at radius 2 is 2.03 bits per heavy atom. The Balaban J connectivity index is 1.35. The Morgan fingerprint density at radius 3 is 2.84 bits per heavy atom. The van der Waals surface area contributed by atoms with E-state index in [-0.39, 0.29) is 18.5 Å². The van der Waals surface area contributed by atoms with Gasteiger partial charge in [0.25, 0.3) is 5.91 Å². The van der Waals surface area contributed by atoms with Gasteiger partial charge >= 0.3 is 0 Å². The molecule has 2 heterocycles. The molecule has 4 rings (SSSR count). The molecule has 0 aliphatic rings. The molecule has 1 amide bonds. The van der Waals surface area contributed by atoms with Crippen LogP contribution >= 0.6 is 34.5 Å². The van der Waals surface area contributed by atoms with E-state index in [0.717, 1.165) is 11.1 Å². The van der Waals surface area contributed by atoms with Gasteiger partial charge in [-0.2, -0.15) is 0 Å². The number of aromatic nitrogens is 3. The van der Waals surface area contributed by atoms with Crippen LogP contribution in [-0.4, -0.2) is 20.7 Å². The smallest absolute Gasteiger partial charge is 0.268 e. The number of rotatable bonds is 7. The molecule has 2 aromatic carbocycles. The molecule has 0 bridgehead atoms. The minimum Gasteiger partial charge on any atom is -0.487 e. The van der Waals surface area contributed by atoms with Gasteiger partial charge in [-0.05, 0) is 53.8 Å². The van der Waals surface area contributed by atoms with Gasteiger partial charge in [0.15, 0.2) is 0 Å². The van der Waals surface area contributed by atoms with Gasteiger partial charge in [0, 0.05) is 10.6 Å². The number of nitrogens with zero attached hydrogens (tertiary/aromatic N) is 3. The molecule has 0 aliphatic carbocycles. The summed E-state index contributed by atoms with van der Waals surface area (Å²) in [4.78, 5) is 17.1. The molecule has 0 unspecified atom stereocenters. The van der Waals surface area contributed by atoms with Crippen LogP contribution < -0.4 is 10.1 Å². The molecular formula is C22H17Cl2FN4O2S. The fourth-order valence-corrected chi connectivity index (χ4v) is 4.06. The highest BCUT2D eigenvalue weighted by Crippen LogP contribution is 2.27. The Labute approximate surface area is 197 Å². The average Bonchev–Trinajstić information content (AvgIpc) is 3.40. The van der Waals surface area contributed by atoms with Crippen LogP contribution in [0.5, 0.6) is 5.75 Å². The zero-order valence-corrected chi connectivity index (χ0v) is 19.1. The summed E-state index contributed by atoms with van der Waals surface area (Å²) in [6.07, 6.45) is 1.47. The second kappa shape index (κ2) is 9.68. The lowest BCUT2D eigenvalue weighted by atomic mass is 10.2. The number of hydrogen-bond acceptors (Lipinski definition) is 5. The minimum atomic E-state index is -0.409. The van der Waals surface area contributed by atoms with Crippen LogP contribution in [0, 0.1) is 12.7 Å². The number of aryl methyl sites for hydroxylation is 1. The van der Waals surface area contributed by atoms with E-state index in [9.17, 15) is 9.18 Å². The average molecular weight is 491 g/mol. The van der Waals surface area contributed by atoms with E-state index in [4.69, 9.17) is 27.9 Å². The summed E-state index contributed by atoms with van der Waals surface area (Å²) in [5.74, 6) is 0.0197. The van der Waals surface area contributed by atoms with Gasteiger partial charge in [0.1, 0.15) is 24.5 Å². The second-order valence-corrected chi connectivity index (χ2v) is 8.72. The number of ether oxygens (including phenoxy) is 1. The summed E-state index contributed by atoms with van der Waals surface area (Å²) in [6, 6.07) is 11.5. The van der Waals surface area contributed by atoms with E-state index < -0.39 is 5.82 Å². The van der Waals surface area contributed by atoms with E-state index in [0.29, 0.717) is 32.8 Å². The Morgan fingerprint density at radius 1 is 1.19 bits per heavy atom. The molecule has 0 radical (unpaired) electrons. The van der Waals surface area contributed by atoms with Crippen molar-refractivity contribution in [3.05, 3.63) is 91.6 Å². The van der Waals surface area contributed by atoms with Gasteiger partial charge in [0.2, 0.25) is 5.95 Å². The quantitative estimate of drug-likeness (QED) is 0.346. The SMILES string of the molecule is Cc1ccc(Cl)c(OCc2csc(C(=O)Nc3ncn(Cc4ccc(F)cc4Cl)n3)c2)c1. The zero-order valence-electron chi connectivity index (χ0n) is 16.8. The van der Waals surface area contributed by atoms with Crippen molar-refractivity contribution in [1.82, 2.24) is 14.8 Å². The molecule has 0 saturated carbocycles. The van der Waals surface area contributed by atoms with Gasteiger partial charge in [-0.15, -0.1) is 16.4 Å². The van der Waals surface area contributed by atoms with Crippen LogP contribution in [0.4, 0.5) is 10.3 Å². The van der Waals surface area contributed by atoms with E-state index in [1.54, 1.807) is 18.2 Å². The van der Waals surface area contributed by atoms with Crippen LogP contribution in [-0.2, 0) is 13.2 Å². The number of anilines is 1. The summed E-state index contributed by atoms with van der Waals surface area (Å²) in [7, 11) is 0. The number of carbonyl (C=O) groups excluding carboxylic acids is 1. The normalized spacial score (nSPS) is 10.9. The van der Waals surface area contributed by atoms with Crippen LogP contribution in [0.2, 0.25) is 10.0 Å². The van der Waals surface area contributed by atoms with Crippen LogP contribution in [0.3, 0.4) is 0 Å². The molecule has 32 heavy (non-hydrogen) atoms. The number of amides is 1. The van der Waals surface area contributed by atoms with Gasteiger partial charge in [-0.3, -0.25) is 10.1 Å². The molecule has 2 aromatic heterocycles. The summed E-state index contributed by atoms with van der Waals surface area (Å²) in [5, 5.41) is 9.57. The lowest BCUT2D eigenvalue weighted by molar-refractivity contribution is 0.102. The van der Waals surface area contributed by atoms with E-state index in [1.807, 2.05) is 24.4 Å². The van der Waals surface area contributed by atoms with Crippen molar-refractivity contribution in [2.45, 2.75) is 20.1 Å². The van der Waals surface area contributed by atoms with Gasteiger partial charge in [-0.1, -0.05) is 35.3 Å². The van der Waals surface area contributed by atoms with Crippen molar-refractivity contribution >= 4 is 46.4 Å². The third kappa shape index (κ3) is 5.45. The highest BCUT2D eigenvalue weighted by Gasteiger charge is 2.13. The van der Waals surface area contributed by atoms with E-state index >= 15 is 0 Å². The molecule has 1 N–H and O–H groups in total. The zero-order chi connectivity index (χ0) is 22.7. The van der Waals surface area contributed by atoms with Crippen molar-refractivity contribution in [3.8, 4) is 5.75 Å². The Bertz CT molecular complexity index is 1270. The summed E-state index contributed by atoms with van der Waals surface area (Å²) < 4.78 is 20.5. The third-order valence-corrected chi connectivity index (χ3v) is 6.11. The molecule has 10 heteroatoms. The maximum atomic E-state index is 13.2. The highest BCUT2D eigenvalue weighted by atomic mass is 35.5. The number of halogens is 3. The van der Waals surface area contributed by atoms with Crippen molar-refractivity contribution in [2.24, 2.45) is 0 Å². The molecule has 0 spiro atoms. The second-order valence-electron chi connectivity index (χ2n) is 7.00. The highest BCUT2D eigenvalue weighted by molar-refractivity contribution is 7.12. The molecule has 6 nitrogen and oxygen atoms in total. The number of nitrogens with one attached hydrogen (secondary N) is 1. The molecule has 164 valence electrons. The van der Waals surface area contributed by atoms with E-state index in [2.05, 4.69) is 15.4 Å². The lowest BCUT2D eigenvalue weighted by Gasteiger charge is -2.07. The standard InChI is InChI=1S/C22H17Cl2FN4O2S/c1-13-2-5-17(23)19(6-13)31-10-14-7-20(32-11-14)21(30)27-22-26-12-29(28-22)9-15-3-4-16(25)8-18(15)24/h2-8,11-12H,9-10H2,1H3,(H,27,28,30). The molecule has 0 atom stereocenters. The summed E-state index contributed by atoms with van der Waals surface area (Å²) in [5.41, 5.74) is 2.58. The first-order valence-electron chi connectivity index (χ1n) is 9.48. The first kappa shape index (κ1) is 22.3. The van der Waals surface area contributed by atoms with Gasteiger partial charge in [0.05, 0.1) is 16.4 Å². The van der Waals surface area contributed by atoms with Crippen molar-refractivity contribution < 1.29 is 13.9 Å². The topological polar surface area (TPSA) is 69.0 Å². The predicted molar refractivity (Wildman–Crippen MR) is 123 cm³/mol. The third-order valence-electron chi connectivity index (χ3n) is 4.47. The van der Waals surface area contributed by atoms with Crippen LogP contribution in [0.25, 0.3) is 0 Å². The molecule has 0 aliphatic heterocycles. The fraction of sp³-hybridized carbons (Fsp3) is 0.136. The number of thiophene rings is 1. The minimum absolute atomic E-state index is 0.158. The maximum absolute atomic E-state index is 13.2. The first-order chi connectivity index (χ1) is 15.4. The van der Waals surface area contributed by atoms with Gasteiger partial charge < -0.3 is 4.74 Å². The molecule has 0 fully saturated rings. The largest absolute Gasteiger partial charge is 0.487 e. The van der Waals surface area contributed by atoms with Crippen molar-refractivity contribution in [2.75, 3.05) is 5.32 Å². The monoisotopic (exact) mass is 490 g/mol. The number of hydrogen-bond donors (Lipinski definition) is 1. The van der Waals surface area contributed by atoms with Gasteiger partial charge in [-0.25, -0.2) is 14.1 Å². The molecular weight excluding hydrogens is 474 g/mol. The maximum Gasteiger partial charge on any atom is 0.268 e. The molecule has 0 saturated heterocycles.